The third kappa shape index (κ3) is 3.34. The van der Waals surface area contributed by atoms with Gasteiger partial charge in [0.25, 0.3) is 6.43 Å². The molecule has 88 valence electrons. The Morgan fingerprint density at radius 1 is 1.62 bits per heavy atom. The molecule has 0 aliphatic heterocycles. The molecule has 0 aromatic carbocycles. The first-order chi connectivity index (χ1) is 7.45. The quantitative estimate of drug-likeness (QED) is 0.475. The van der Waals surface area contributed by atoms with Crippen molar-refractivity contribution in [3.05, 3.63) is 26.6 Å². The molecule has 7 heteroatoms. The van der Waals surface area contributed by atoms with E-state index in [4.69, 9.17) is 5.11 Å². The van der Waals surface area contributed by atoms with Crippen molar-refractivity contribution in [2.45, 2.75) is 18.2 Å². The van der Waals surface area contributed by atoms with E-state index in [0.29, 0.717) is 14.6 Å². The van der Waals surface area contributed by atoms with Crippen LogP contribution in [-0.2, 0) is 16.5 Å². The molecule has 0 radical (unpaired) electrons. The van der Waals surface area contributed by atoms with E-state index in [-0.39, 0.29) is 5.56 Å². The second-order valence-corrected chi connectivity index (χ2v) is 4.64. The number of carboxylic acids is 1. The van der Waals surface area contributed by atoms with Gasteiger partial charge in [0.05, 0.1) is 6.42 Å². The fourth-order valence-electron chi connectivity index (χ4n) is 1.27. The molecule has 1 heterocycles. The Bertz CT molecular complexity index is 415. The monoisotopic (exact) mass is 405 g/mol. The second-order valence-electron chi connectivity index (χ2n) is 2.97. The van der Waals surface area contributed by atoms with Gasteiger partial charge in [-0.2, -0.15) is 0 Å². The van der Waals surface area contributed by atoms with E-state index in [9.17, 15) is 13.6 Å². The minimum Gasteiger partial charge on any atom is -0.481 e. The molecule has 0 saturated heterocycles. The number of rotatable bonds is 4. The number of carboxylic acid groups (broad SMARTS) is 1. The largest absolute Gasteiger partial charge is 0.481 e. The Morgan fingerprint density at radius 2 is 2.25 bits per heavy atom. The summed E-state index contributed by atoms with van der Waals surface area (Å²) < 4.78 is 25.8. The van der Waals surface area contributed by atoms with Crippen molar-refractivity contribution in [1.82, 2.24) is 4.98 Å². The minimum atomic E-state index is -2.76. The van der Waals surface area contributed by atoms with Crippen molar-refractivity contribution in [1.29, 1.82) is 0 Å². The molecule has 0 bridgehead atoms. The molecule has 1 rings (SSSR count). The maximum Gasteiger partial charge on any atom is 0.307 e. The number of nitrogens with zero attached hydrogens (tertiary/aromatic N) is 1. The Labute approximate surface area is 113 Å². The molecule has 0 fully saturated rings. The third-order valence-electron chi connectivity index (χ3n) is 1.90. The predicted molar refractivity (Wildman–Crippen MR) is 65.9 cm³/mol. The summed E-state index contributed by atoms with van der Waals surface area (Å²) in [7, 11) is 0. The van der Waals surface area contributed by atoms with Gasteiger partial charge in [-0.05, 0) is 39.8 Å². The standard InChI is InChI=1S/C9H7BrF2INO2/c10-3-4-1-6(13)14-8(9(11)12)5(4)2-7(15)16/h1,9H,2-3H2,(H,15,16). The summed E-state index contributed by atoms with van der Waals surface area (Å²) in [6.45, 7) is 0. The number of hydrogen-bond donors (Lipinski definition) is 1. The maximum atomic E-state index is 12.7. The number of halogens is 4. The van der Waals surface area contributed by atoms with E-state index in [1.165, 1.54) is 0 Å². The molecular weight excluding hydrogens is 399 g/mol. The SMILES string of the molecule is O=C(O)Cc1c(CBr)cc(I)nc1C(F)F. The lowest BCUT2D eigenvalue weighted by Crippen LogP contribution is -2.10. The van der Waals surface area contributed by atoms with Crippen molar-refractivity contribution >= 4 is 44.5 Å². The number of alkyl halides is 3. The van der Waals surface area contributed by atoms with Crippen molar-refractivity contribution in [2.75, 3.05) is 0 Å². The zero-order valence-corrected chi connectivity index (χ0v) is 11.6. The summed E-state index contributed by atoms with van der Waals surface area (Å²) in [6.07, 6.45) is -3.20. The molecule has 16 heavy (non-hydrogen) atoms. The summed E-state index contributed by atoms with van der Waals surface area (Å²) in [5.74, 6) is -1.15. The van der Waals surface area contributed by atoms with Crippen LogP contribution in [0.1, 0.15) is 23.2 Å². The molecule has 0 unspecified atom stereocenters. The summed E-state index contributed by atoms with van der Waals surface area (Å²) in [6, 6.07) is 1.60. The second kappa shape index (κ2) is 5.85. The topological polar surface area (TPSA) is 50.2 Å². The average Bonchev–Trinajstić information content (AvgIpc) is 2.19. The van der Waals surface area contributed by atoms with Crippen LogP contribution in [0.5, 0.6) is 0 Å². The molecule has 1 aromatic heterocycles. The minimum absolute atomic E-state index is 0.0970. The van der Waals surface area contributed by atoms with E-state index >= 15 is 0 Å². The Balaban J connectivity index is 3.32. The van der Waals surface area contributed by atoms with Crippen molar-refractivity contribution in [2.24, 2.45) is 0 Å². The van der Waals surface area contributed by atoms with E-state index in [2.05, 4.69) is 20.9 Å². The molecule has 0 spiro atoms. The van der Waals surface area contributed by atoms with Crippen LogP contribution in [0.25, 0.3) is 0 Å². The number of aliphatic carboxylic acids is 1. The van der Waals surface area contributed by atoms with Gasteiger partial charge >= 0.3 is 5.97 Å². The molecule has 3 nitrogen and oxygen atoms in total. The Hall–Kier alpha value is -0.310. The van der Waals surface area contributed by atoms with Gasteiger partial charge in [0, 0.05) is 5.33 Å². The van der Waals surface area contributed by atoms with Gasteiger partial charge in [-0.1, -0.05) is 15.9 Å². The first-order valence-electron chi connectivity index (χ1n) is 4.19. The zero-order chi connectivity index (χ0) is 12.3. The number of aromatic nitrogens is 1. The summed E-state index contributed by atoms with van der Waals surface area (Å²) >= 11 is 4.97. The highest BCUT2D eigenvalue weighted by Crippen LogP contribution is 2.27. The predicted octanol–water partition coefficient (Wildman–Crippen LogP) is 3.15. The van der Waals surface area contributed by atoms with Crippen molar-refractivity contribution < 1.29 is 18.7 Å². The van der Waals surface area contributed by atoms with Crippen LogP contribution < -0.4 is 0 Å². The first kappa shape index (κ1) is 13.8. The fraction of sp³-hybridized carbons (Fsp3) is 0.333. The van der Waals surface area contributed by atoms with E-state index in [0.717, 1.165) is 0 Å². The maximum absolute atomic E-state index is 12.7. The van der Waals surface area contributed by atoms with E-state index < -0.39 is 24.5 Å². The van der Waals surface area contributed by atoms with Crippen LogP contribution in [-0.4, -0.2) is 16.1 Å². The van der Waals surface area contributed by atoms with Crippen LogP contribution in [0.4, 0.5) is 8.78 Å². The number of pyridine rings is 1. The van der Waals surface area contributed by atoms with Crippen LogP contribution in [0.2, 0.25) is 0 Å². The third-order valence-corrected chi connectivity index (χ3v) is 3.05. The molecule has 0 atom stereocenters. The average molecular weight is 406 g/mol. The smallest absolute Gasteiger partial charge is 0.307 e. The molecule has 0 amide bonds. The zero-order valence-electron chi connectivity index (χ0n) is 7.88. The molecule has 1 aromatic rings. The number of hydrogen-bond acceptors (Lipinski definition) is 2. The lowest BCUT2D eigenvalue weighted by Gasteiger charge is -2.11. The summed E-state index contributed by atoms with van der Waals surface area (Å²) in [5.41, 5.74) is 0.195. The van der Waals surface area contributed by atoms with Gasteiger partial charge in [0.1, 0.15) is 9.39 Å². The summed E-state index contributed by atoms with van der Waals surface area (Å²) in [4.78, 5) is 14.3. The lowest BCUT2D eigenvalue weighted by molar-refractivity contribution is -0.136. The van der Waals surface area contributed by atoms with Crippen LogP contribution in [0.3, 0.4) is 0 Å². The highest BCUT2D eigenvalue weighted by atomic mass is 127. The highest BCUT2D eigenvalue weighted by molar-refractivity contribution is 14.1. The van der Waals surface area contributed by atoms with Crippen LogP contribution in [0.15, 0.2) is 6.07 Å². The van der Waals surface area contributed by atoms with Gasteiger partial charge in [-0.25, -0.2) is 13.8 Å². The van der Waals surface area contributed by atoms with Crippen molar-refractivity contribution in [3.63, 3.8) is 0 Å². The number of carbonyl (C=O) groups is 1. The fourth-order valence-corrected chi connectivity index (χ4v) is 2.40. The molecule has 0 aliphatic carbocycles. The molecular formula is C9H7BrF2INO2. The van der Waals surface area contributed by atoms with Gasteiger partial charge < -0.3 is 5.11 Å². The van der Waals surface area contributed by atoms with Gasteiger partial charge in [-0.3, -0.25) is 4.79 Å². The van der Waals surface area contributed by atoms with Crippen LogP contribution >= 0.6 is 38.5 Å². The van der Waals surface area contributed by atoms with Crippen LogP contribution in [0, 0.1) is 3.70 Å². The van der Waals surface area contributed by atoms with Gasteiger partial charge in [0.2, 0.25) is 0 Å². The lowest BCUT2D eigenvalue weighted by atomic mass is 10.0. The first-order valence-corrected chi connectivity index (χ1v) is 6.39. The summed E-state index contributed by atoms with van der Waals surface area (Å²) in [5, 5.41) is 9.00. The van der Waals surface area contributed by atoms with Gasteiger partial charge in [-0.15, -0.1) is 0 Å². The van der Waals surface area contributed by atoms with Gasteiger partial charge in [0.15, 0.2) is 0 Å². The van der Waals surface area contributed by atoms with E-state index in [1.54, 1.807) is 6.07 Å². The molecule has 0 saturated carbocycles. The van der Waals surface area contributed by atoms with E-state index in [1.807, 2.05) is 22.6 Å². The Kier molecular flexibility index (Phi) is 5.03. The Morgan fingerprint density at radius 3 is 2.69 bits per heavy atom. The molecule has 1 N–H and O–H groups in total. The highest BCUT2D eigenvalue weighted by Gasteiger charge is 2.20. The van der Waals surface area contributed by atoms with Crippen molar-refractivity contribution in [3.8, 4) is 0 Å². The normalized spacial score (nSPS) is 10.8. The molecule has 0 aliphatic rings.